The number of aliphatic carboxylic acids is 1. The van der Waals surface area contributed by atoms with Gasteiger partial charge in [-0.3, -0.25) is 0 Å². The molecule has 1 aromatic carbocycles. The molecule has 0 atom stereocenters. The molecule has 0 fully saturated rings. The minimum atomic E-state index is -4.05. The van der Waals surface area contributed by atoms with Crippen molar-refractivity contribution in [2.75, 3.05) is 13.7 Å². The molecule has 2 rings (SSSR count). The standard InChI is InChI=1S/C12H11NO6S/c1-18-8-2-4-9(5-3-8)19-7-11-13-6-10(12(14)15)20(11,16)17/h2-6H,7H2,1H3,(H,14,15). The number of benzene rings is 1. The number of sulfone groups is 1. The fraction of sp³-hybridized carbons (Fsp3) is 0.167. The van der Waals surface area contributed by atoms with Crippen molar-refractivity contribution in [3.63, 3.8) is 0 Å². The third-order valence-electron chi connectivity index (χ3n) is 2.56. The zero-order valence-corrected chi connectivity index (χ0v) is 11.3. The maximum Gasteiger partial charge on any atom is 0.349 e. The Morgan fingerprint density at radius 2 is 1.85 bits per heavy atom. The van der Waals surface area contributed by atoms with Crippen LogP contribution in [0.5, 0.6) is 11.5 Å². The van der Waals surface area contributed by atoms with Gasteiger partial charge in [0.2, 0.25) is 9.84 Å². The van der Waals surface area contributed by atoms with Crippen molar-refractivity contribution in [1.82, 2.24) is 0 Å². The number of hydrogen-bond acceptors (Lipinski definition) is 6. The molecule has 1 heterocycles. The number of carboxylic acids is 1. The molecule has 7 nitrogen and oxygen atoms in total. The van der Waals surface area contributed by atoms with Crippen molar-refractivity contribution in [2.24, 2.45) is 4.99 Å². The topological polar surface area (TPSA) is 102 Å². The Balaban J connectivity index is 2.04. The zero-order valence-electron chi connectivity index (χ0n) is 10.4. The van der Waals surface area contributed by atoms with Gasteiger partial charge in [-0.05, 0) is 24.3 Å². The molecule has 0 radical (unpaired) electrons. The van der Waals surface area contributed by atoms with Crippen molar-refractivity contribution in [1.29, 1.82) is 0 Å². The average Bonchev–Trinajstić information content (AvgIpc) is 2.72. The second kappa shape index (κ2) is 5.33. The third-order valence-corrected chi connectivity index (χ3v) is 4.26. The van der Waals surface area contributed by atoms with Crippen LogP contribution < -0.4 is 9.47 Å². The summed E-state index contributed by atoms with van der Waals surface area (Å²) in [5, 5.41) is 8.41. The van der Waals surface area contributed by atoms with Crippen LogP contribution in [0.3, 0.4) is 0 Å². The molecule has 20 heavy (non-hydrogen) atoms. The van der Waals surface area contributed by atoms with Gasteiger partial charge in [0.05, 0.1) is 13.3 Å². The second-order valence-electron chi connectivity index (χ2n) is 3.79. The Morgan fingerprint density at radius 3 is 2.35 bits per heavy atom. The van der Waals surface area contributed by atoms with Gasteiger partial charge in [-0.15, -0.1) is 0 Å². The first-order valence-corrected chi connectivity index (χ1v) is 6.95. The molecule has 0 unspecified atom stereocenters. The minimum absolute atomic E-state index is 0.328. The van der Waals surface area contributed by atoms with Crippen LogP contribution in [0.15, 0.2) is 40.4 Å². The van der Waals surface area contributed by atoms with E-state index in [9.17, 15) is 13.2 Å². The molecule has 0 saturated carbocycles. The Bertz CT molecular complexity index is 687. The molecule has 1 aromatic rings. The average molecular weight is 297 g/mol. The summed E-state index contributed by atoms with van der Waals surface area (Å²) >= 11 is 0. The van der Waals surface area contributed by atoms with E-state index in [4.69, 9.17) is 14.6 Å². The highest BCUT2D eigenvalue weighted by molar-refractivity contribution is 8.10. The SMILES string of the molecule is COc1ccc(OCC2=NC=C(C(=O)O)S2(=O)=O)cc1. The largest absolute Gasteiger partial charge is 0.497 e. The number of ether oxygens (including phenoxy) is 2. The fourth-order valence-corrected chi connectivity index (χ4v) is 2.58. The summed E-state index contributed by atoms with van der Waals surface area (Å²) in [4.78, 5) is 13.6. The lowest BCUT2D eigenvalue weighted by Crippen LogP contribution is -2.23. The van der Waals surface area contributed by atoms with Gasteiger partial charge in [-0.2, -0.15) is 0 Å². The molecule has 0 saturated heterocycles. The highest BCUT2D eigenvalue weighted by Gasteiger charge is 2.34. The van der Waals surface area contributed by atoms with E-state index in [-0.39, 0.29) is 11.7 Å². The van der Waals surface area contributed by atoms with Gasteiger partial charge in [-0.1, -0.05) is 0 Å². The van der Waals surface area contributed by atoms with Crippen LogP contribution in [0.25, 0.3) is 0 Å². The van der Waals surface area contributed by atoms with E-state index in [2.05, 4.69) is 4.99 Å². The molecule has 0 amide bonds. The van der Waals surface area contributed by atoms with Crippen LogP contribution in [0.2, 0.25) is 0 Å². The summed E-state index contributed by atoms with van der Waals surface area (Å²) in [6, 6.07) is 6.52. The van der Waals surface area contributed by atoms with Crippen molar-refractivity contribution >= 4 is 20.9 Å². The van der Waals surface area contributed by atoms with Gasteiger partial charge >= 0.3 is 5.97 Å². The van der Waals surface area contributed by atoms with Gasteiger partial charge in [0, 0.05) is 0 Å². The lowest BCUT2D eigenvalue weighted by Gasteiger charge is -2.07. The molecule has 0 aliphatic carbocycles. The van der Waals surface area contributed by atoms with E-state index in [0.717, 1.165) is 6.20 Å². The van der Waals surface area contributed by atoms with Gasteiger partial charge < -0.3 is 14.6 Å². The summed E-state index contributed by atoms with van der Waals surface area (Å²) in [5.74, 6) is -0.473. The van der Waals surface area contributed by atoms with Gasteiger partial charge in [0.1, 0.15) is 18.1 Å². The molecule has 1 aliphatic rings. The Kier molecular flexibility index (Phi) is 3.75. The second-order valence-corrected chi connectivity index (χ2v) is 5.71. The first kappa shape index (κ1) is 14.1. The molecule has 0 bridgehead atoms. The summed E-state index contributed by atoms with van der Waals surface area (Å²) in [7, 11) is -2.53. The van der Waals surface area contributed by atoms with E-state index in [1.165, 1.54) is 7.11 Å². The number of aliphatic imine (C=N–C) groups is 1. The fourth-order valence-electron chi connectivity index (χ4n) is 1.50. The Labute approximate surface area is 115 Å². The lowest BCUT2D eigenvalue weighted by molar-refractivity contribution is -0.131. The monoisotopic (exact) mass is 297 g/mol. The summed E-state index contributed by atoms with van der Waals surface area (Å²) in [5.41, 5.74) is 0. The number of hydrogen-bond donors (Lipinski definition) is 1. The highest BCUT2D eigenvalue weighted by Crippen LogP contribution is 2.20. The lowest BCUT2D eigenvalue weighted by atomic mass is 10.3. The first-order valence-electron chi connectivity index (χ1n) is 5.47. The maximum atomic E-state index is 11.8. The smallest absolute Gasteiger partial charge is 0.349 e. The predicted octanol–water partition coefficient (Wildman–Crippen LogP) is 0.827. The molecule has 0 spiro atoms. The van der Waals surface area contributed by atoms with Crippen LogP contribution in [0.1, 0.15) is 0 Å². The molecule has 1 N–H and O–H groups in total. The predicted molar refractivity (Wildman–Crippen MR) is 70.6 cm³/mol. The Morgan fingerprint density at radius 1 is 1.25 bits per heavy atom. The third kappa shape index (κ3) is 2.64. The quantitative estimate of drug-likeness (QED) is 0.863. The molecular weight excluding hydrogens is 286 g/mol. The number of rotatable bonds is 5. The number of nitrogens with zero attached hydrogens (tertiary/aromatic N) is 1. The minimum Gasteiger partial charge on any atom is -0.497 e. The number of carboxylic acid groups (broad SMARTS) is 1. The highest BCUT2D eigenvalue weighted by atomic mass is 32.2. The van der Waals surface area contributed by atoms with Crippen LogP contribution >= 0.6 is 0 Å². The molecule has 8 heteroatoms. The zero-order chi connectivity index (χ0) is 14.8. The molecule has 1 aliphatic heterocycles. The molecular formula is C12H11NO6S. The number of methoxy groups -OCH3 is 1. The van der Waals surface area contributed by atoms with Crippen LogP contribution in [-0.2, 0) is 14.6 Å². The van der Waals surface area contributed by atoms with E-state index in [1.54, 1.807) is 24.3 Å². The summed E-state index contributed by atoms with van der Waals surface area (Å²) < 4.78 is 33.8. The van der Waals surface area contributed by atoms with Crippen LogP contribution in [-0.4, -0.2) is 38.3 Å². The normalized spacial score (nSPS) is 16.2. The van der Waals surface area contributed by atoms with E-state index in [0.29, 0.717) is 11.5 Å². The van der Waals surface area contributed by atoms with Crippen LogP contribution in [0.4, 0.5) is 0 Å². The summed E-state index contributed by atoms with van der Waals surface area (Å²) in [6.07, 6.45) is 0.810. The van der Waals surface area contributed by atoms with E-state index >= 15 is 0 Å². The maximum absolute atomic E-state index is 11.8. The van der Waals surface area contributed by atoms with Crippen molar-refractivity contribution < 1.29 is 27.8 Å². The van der Waals surface area contributed by atoms with Crippen molar-refractivity contribution in [3.8, 4) is 11.5 Å². The van der Waals surface area contributed by atoms with E-state index in [1.807, 2.05) is 0 Å². The van der Waals surface area contributed by atoms with Gasteiger partial charge in [0.15, 0.2) is 9.95 Å². The number of carbonyl (C=O) groups is 1. The Hall–Kier alpha value is -2.35. The first-order chi connectivity index (χ1) is 9.45. The van der Waals surface area contributed by atoms with Crippen LogP contribution in [0, 0.1) is 0 Å². The molecule has 106 valence electrons. The van der Waals surface area contributed by atoms with Crippen molar-refractivity contribution in [2.45, 2.75) is 0 Å². The van der Waals surface area contributed by atoms with Crippen molar-refractivity contribution in [3.05, 3.63) is 35.4 Å². The van der Waals surface area contributed by atoms with Gasteiger partial charge in [0.25, 0.3) is 0 Å². The van der Waals surface area contributed by atoms with Gasteiger partial charge in [-0.25, -0.2) is 18.2 Å². The van der Waals surface area contributed by atoms with E-state index < -0.39 is 20.7 Å². The summed E-state index contributed by atoms with van der Waals surface area (Å²) in [6.45, 7) is -0.331. The molecule has 0 aromatic heterocycles.